The van der Waals surface area contributed by atoms with E-state index in [9.17, 15) is 43.7 Å². The van der Waals surface area contributed by atoms with E-state index in [1.165, 1.54) is 4.90 Å². The molecule has 3 aliphatic rings. The lowest BCUT2D eigenvalue weighted by Gasteiger charge is -2.27. The van der Waals surface area contributed by atoms with Gasteiger partial charge in [-0.3, -0.25) is 38.5 Å². The van der Waals surface area contributed by atoms with E-state index < -0.39 is 46.7 Å². The highest BCUT2D eigenvalue weighted by Gasteiger charge is 2.36. The number of nitrogens with one attached hydrogen (secondary N) is 5. The maximum atomic E-state index is 14.2. The number of hydrogen-bond donors (Lipinski definition) is 6. The van der Waals surface area contributed by atoms with Crippen LogP contribution in [-0.2, 0) is 30.4 Å². The number of carbonyl (C=O) groups excluding carboxylic acids is 7. The molecule has 2 heterocycles. The number of amides is 6. The van der Waals surface area contributed by atoms with Crippen LogP contribution in [0.5, 0.6) is 0 Å². The highest BCUT2D eigenvalue weighted by Crippen LogP contribution is 2.35. The molecule has 0 spiro atoms. The number of unbranched alkanes of at least 4 members (excludes halogenated alkanes) is 5. The van der Waals surface area contributed by atoms with E-state index in [-0.39, 0.29) is 61.3 Å². The zero-order chi connectivity index (χ0) is 45.1. The van der Waals surface area contributed by atoms with Crippen LogP contribution in [0.4, 0.5) is 0 Å². The normalized spacial score (nSPS) is 18.1. The van der Waals surface area contributed by atoms with Crippen molar-refractivity contribution < 1.29 is 38.6 Å². The van der Waals surface area contributed by atoms with Gasteiger partial charge in [0.2, 0.25) is 23.5 Å². The van der Waals surface area contributed by atoms with E-state index in [1.54, 1.807) is 60.0 Å². The second-order valence-electron chi connectivity index (χ2n) is 16.6. The largest absolute Gasteiger partial charge is 0.365 e. The summed E-state index contributed by atoms with van der Waals surface area (Å²) in [6.45, 7) is 0.832. The predicted octanol–water partition coefficient (Wildman–Crippen LogP) is 3.26. The Balaban J connectivity index is 1.20. The van der Waals surface area contributed by atoms with Crippen molar-refractivity contribution in [3.8, 4) is 0 Å². The third-order valence-corrected chi connectivity index (χ3v) is 12.1. The average Bonchev–Trinajstić information content (AvgIpc) is 3.82. The van der Waals surface area contributed by atoms with E-state index >= 15 is 0 Å². The van der Waals surface area contributed by atoms with Crippen molar-refractivity contribution in [1.82, 2.24) is 31.6 Å². The zero-order valence-electron chi connectivity index (χ0n) is 35.8. The van der Waals surface area contributed by atoms with Crippen molar-refractivity contribution in [2.45, 2.75) is 127 Å². The number of hydrogen-bond acceptors (Lipinski definition) is 10. The number of aliphatic imine (C=N–C) groups is 1. The van der Waals surface area contributed by atoms with Gasteiger partial charge in [-0.25, -0.2) is 15.1 Å². The lowest BCUT2D eigenvalue weighted by molar-refractivity contribution is -0.525. The van der Waals surface area contributed by atoms with Gasteiger partial charge in [0.15, 0.2) is 5.03 Å². The first-order valence-electron chi connectivity index (χ1n) is 22.4. The van der Waals surface area contributed by atoms with Gasteiger partial charge in [0, 0.05) is 32.0 Å². The number of imide groups is 1. The Morgan fingerprint density at radius 3 is 2.08 bits per heavy atom. The van der Waals surface area contributed by atoms with Gasteiger partial charge in [-0.05, 0) is 81.4 Å². The van der Waals surface area contributed by atoms with Crippen molar-refractivity contribution >= 4 is 47.2 Å². The predicted molar refractivity (Wildman–Crippen MR) is 233 cm³/mol. The van der Waals surface area contributed by atoms with Crippen molar-refractivity contribution in [3.63, 3.8) is 0 Å². The molecule has 0 radical (unpaired) electrons. The van der Waals surface area contributed by atoms with Crippen molar-refractivity contribution in [2.24, 2.45) is 22.6 Å². The number of nitrogens with zero attached hydrogens (tertiary/aromatic N) is 3. The molecule has 0 bridgehead atoms. The molecule has 340 valence electrons. The minimum Gasteiger partial charge on any atom is -0.365 e. The molecule has 4 unspecified atom stereocenters. The molecule has 5 rings (SSSR count). The summed E-state index contributed by atoms with van der Waals surface area (Å²) in [6, 6.07) is 12.3. The average molecular weight is 872 g/mol. The van der Waals surface area contributed by atoms with Crippen LogP contribution in [0.2, 0.25) is 0 Å². The van der Waals surface area contributed by atoms with Crippen molar-refractivity contribution in [2.75, 3.05) is 19.6 Å². The van der Waals surface area contributed by atoms with Gasteiger partial charge in [-0.1, -0.05) is 92.8 Å². The van der Waals surface area contributed by atoms with Crippen LogP contribution in [0, 0.1) is 22.0 Å². The SMILES string of the molecule is NC(=NCCCC(NC(=O)C(CCCCCCCCN1C(=O)c2ccccc2C1=O)C1CCCC1)C(=O)NC(Cc1ccccc1)C(=O)C(=O)NC1CCCCNC1=O)N[N+](=O)[O-]. The first kappa shape index (κ1) is 47.8. The first-order valence-corrected chi connectivity index (χ1v) is 22.4. The topological polar surface area (TPSA) is 264 Å². The number of nitrogens with two attached hydrogens (primary N) is 1. The standard InChI is InChI=1S/C45H61N9O9/c46-45(52-54(62)63)48-27-16-25-36(41(58)51-37(29-30-17-6-5-7-18-30)38(55)42(59)50-35-24-13-14-26-47-40(35)57)49-39(56)32(31-19-9-10-20-31)21-8-3-1-2-4-15-28-53-43(60)33-22-11-12-23-34(33)44(53)61/h5-7,11-12,17-18,22-23,31-32,35-37H,1-4,8-10,13-16,19-21,24-29H2,(H,47,57)(H,49,56)(H,50,59)(H,51,58)(H3,46,48,52). The number of fused-ring (bicyclic) bond motifs is 1. The van der Waals surface area contributed by atoms with Crippen LogP contribution in [0.3, 0.4) is 0 Å². The maximum absolute atomic E-state index is 14.2. The van der Waals surface area contributed by atoms with Crippen molar-refractivity contribution in [3.05, 3.63) is 81.4 Å². The summed E-state index contributed by atoms with van der Waals surface area (Å²) in [5.41, 5.74) is 8.92. The van der Waals surface area contributed by atoms with Crippen LogP contribution in [0.15, 0.2) is 59.6 Å². The molecule has 1 saturated carbocycles. The monoisotopic (exact) mass is 871 g/mol. The van der Waals surface area contributed by atoms with Gasteiger partial charge >= 0.3 is 0 Å². The summed E-state index contributed by atoms with van der Waals surface area (Å²) in [4.78, 5) is 110. The van der Waals surface area contributed by atoms with Gasteiger partial charge in [-0.2, -0.15) is 0 Å². The summed E-state index contributed by atoms with van der Waals surface area (Å²) >= 11 is 0. The smallest absolute Gasteiger partial charge is 0.290 e. The van der Waals surface area contributed by atoms with E-state index in [0.29, 0.717) is 55.5 Å². The Kier molecular flexibility index (Phi) is 18.6. The second kappa shape index (κ2) is 24.4. The van der Waals surface area contributed by atoms with Gasteiger partial charge in [0.05, 0.1) is 11.1 Å². The molecule has 63 heavy (non-hydrogen) atoms. The molecule has 2 aromatic carbocycles. The number of carbonyl (C=O) groups is 7. The molecule has 2 aromatic rings. The summed E-state index contributed by atoms with van der Waals surface area (Å²) in [5, 5.41) is 20.9. The van der Waals surface area contributed by atoms with Crippen LogP contribution >= 0.6 is 0 Å². The lowest BCUT2D eigenvalue weighted by Crippen LogP contribution is -2.57. The number of ketones is 1. The number of rotatable bonds is 24. The Morgan fingerprint density at radius 2 is 1.40 bits per heavy atom. The molecular weight excluding hydrogens is 811 g/mol. The Labute approximate surface area is 367 Å². The number of guanidine groups is 1. The van der Waals surface area contributed by atoms with Gasteiger partial charge in [-0.15, -0.1) is 0 Å². The third-order valence-electron chi connectivity index (χ3n) is 12.1. The number of hydrazine groups is 1. The van der Waals surface area contributed by atoms with E-state index in [4.69, 9.17) is 5.73 Å². The summed E-state index contributed by atoms with van der Waals surface area (Å²) in [6.07, 6.45) is 11.4. The Hall–Kier alpha value is -6.20. The fraction of sp³-hybridized carbons (Fsp3) is 0.556. The molecule has 0 aromatic heterocycles. The minimum absolute atomic E-state index is 0.00505. The number of nitro groups is 1. The first-order chi connectivity index (χ1) is 30.4. The molecule has 18 nitrogen and oxygen atoms in total. The van der Waals surface area contributed by atoms with Crippen LogP contribution < -0.4 is 32.4 Å². The summed E-state index contributed by atoms with van der Waals surface area (Å²) in [7, 11) is 0. The lowest BCUT2D eigenvalue weighted by atomic mass is 9.85. The Morgan fingerprint density at radius 1 is 0.778 bits per heavy atom. The molecule has 1 saturated heterocycles. The molecular formula is C45H61N9O9. The molecule has 2 fully saturated rings. The third kappa shape index (κ3) is 14.4. The van der Waals surface area contributed by atoms with Crippen LogP contribution in [-0.4, -0.2) is 94.9 Å². The molecule has 1 aliphatic carbocycles. The Bertz CT molecular complexity index is 1940. The number of benzene rings is 2. The van der Waals surface area contributed by atoms with Gasteiger partial charge in [0.1, 0.15) is 18.1 Å². The molecule has 7 N–H and O–H groups in total. The molecule has 18 heteroatoms. The fourth-order valence-electron chi connectivity index (χ4n) is 8.69. The maximum Gasteiger partial charge on any atom is 0.290 e. The zero-order valence-corrected chi connectivity index (χ0v) is 35.8. The quantitative estimate of drug-likeness (QED) is 0.0170. The number of Topliss-reactive ketones (excluding diaryl/α,β-unsaturated/α-hetero) is 1. The van der Waals surface area contributed by atoms with E-state index in [0.717, 1.165) is 64.2 Å². The molecule has 2 aliphatic heterocycles. The highest BCUT2D eigenvalue weighted by molar-refractivity contribution is 6.39. The fourth-order valence-corrected chi connectivity index (χ4v) is 8.69. The van der Waals surface area contributed by atoms with Crippen LogP contribution in [0.25, 0.3) is 0 Å². The van der Waals surface area contributed by atoms with Crippen LogP contribution in [0.1, 0.15) is 129 Å². The summed E-state index contributed by atoms with van der Waals surface area (Å²) < 4.78 is 0. The second-order valence-corrected chi connectivity index (χ2v) is 16.6. The van der Waals surface area contributed by atoms with E-state index in [1.807, 2.05) is 0 Å². The molecule has 4 atom stereocenters. The summed E-state index contributed by atoms with van der Waals surface area (Å²) in [5.74, 6) is -4.47. The van der Waals surface area contributed by atoms with Gasteiger partial charge < -0.3 is 27.0 Å². The van der Waals surface area contributed by atoms with E-state index in [2.05, 4.69) is 26.3 Å². The minimum atomic E-state index is -1.33. The van der Waals surface area contributed by atoms with Crippen molar-refractivity contribution in [1.29, 1.82) is 0 Å². The molecule has 6 amide bonds. The highest BCUT2D eigenvalue weighted by atomic mass is 16.7. The van der Waals surface area contributed by atoms with Gasteiger partial charge in [0.25, 0.3) is 23.7 Å².